The van der Waals surface area contributed by atoms with Crippen molar-refractivity contribution in [3.63, 3.8) is 0 Å². The van der Waals surface area contributed by atoms with E-state index in [0.717, 1.165) is 66.6 Å². The van der Waals surface area contributed by atoms with Crippen molar-refractivity contribution in [2.75, 3.05) is 13.1 Å². The molecule has 7 N–H and O–H groups in total. The average Bonchev–Trinajstić information content (AvgIpc) is 1.54. The number of hydrogen-bond donors (Lipinski definition) is 7. The summed E-state index contributed by atoms with van der Waals surface area (Å²) in [6, 6.07) is 35.3. The van der Waals surface area contributed by atoms with Crippen LogP contribution in [-0.2, 0) is 92.5 Å². The molecule has 101 heavy (non-hydrogen) atoms. The van der Waals surface area contributed by atoms with E-state index in [0.29, 0.717) is 88.8 Å². The van der Waals surface area contributed by atoms with Crippen LogP contribution in [0.5, 0.6) is 0 Å². The van der Waals surface area contributed by atoms with Crippen LogP contribution in [0.15, 0.2) is 166 Å². The Morgan fingerprint density at radius 2 is 1.00 bits per heavy atom. The Bertz CT molecular complexity index is 4780. The second-order valence-corrected chi connectivity index (χ2v) is 34.3. The summed E-state index contributed by atoms with van der Waals surface area (Å²) in [6.45, 7) is 14.1. The van der Waals surface area contributed by atoms with E-state index in [1.54, 1.807) is 91.5 Å². The average molecular weight is 1450 g/mol. The molecule has 2 bridgehead atoms. The van der Waals surface area contributed by atoms with Crippen molar-refractivity contribution in [2.24, 2.45) is 42.6 Å². The highest BCUT2D eigenvalue weighted by Gasteiger charge is 2.66. The van der Waals surface area contributed by atoms with Gasteiger partial charge < -0.3 is 20.4 Å². The van der Waals surface area contributed by atoms with Gasteiger partial charge in [0.15, 0.2) is 20.2 Å². The summed E-state index contributed by atoms with van der Waals surface area (Å²) in [5, 5.41) is 39.8. The Morgan fingerprint density at radius 3 is 1.50 bits per heavy atom. The molecule has 3 fully saturated rings. The van der Waals surface area contributed by atoms with Crippen LogP contribution in [0.25, 0.3) is 0 Å². The lowest BCUT2D eigenvalue weighted by molar-refractivity contribution is 0.00355. The van der Waals surface area contributed by atoms with E-state index in [1.807, 2.05) is 61.5 Å². The van der Waals surface area contributed by atoms with Gasteiger partial charge in [0.05, 0.1) is 87.0 Å². The standard InChI is InChI=1S/C23H23N3O4S.C19H21N3O3S.C17H23N3O3S.C14H21N3O2S/c27-14-18-9-8-17(12-19(18)15-28)21(11-16-5-2-1-3-6-16)26-31(29,30)23-20-7-4-10-24-22(20)13-25-23;23-13-15-4-1-2-5-16(15)14-7-10-22(11-8-14)26(24,25)19-17-6-3-9-20-18(17)12-21-19;1-16(2)11-6-7-17(16,3)14(21)13(11)20-24(22,23)15-10-5-4-8-18-12(10)9-19-15;1-10(2)6-7-11(3)17-20(18,19)14-12-5-4-8-15-13(12)9-16-14/h1-10,12,21,26-28H,11,13-15H2;1-6,9,14,23H,7-8,10-13H2;4-5,8,11,13-14,20-21H,6-7,9H2,1-3H3;4-5,8,10-11,17H,6-7,9H2,1-3H3/t;;11?,13-,14-,17?;11-/m..10/s1. The number of benzene rings is 3. The van der Waals surface area contributed by atoms with E-state index in [2.05, 4.69) is 88.7 Å². The number of hydrogen-bond acceptors (Lipinski definition) is 20. The maximum atomic E-state index is 13.3. The minimum atomic E-state index is -3.93. The summed E-state index contributed by atoms with van der Waals surface area (Å²) in [5.41, 5.74) is 9.59. The van der Waals surface area contributed by atoms with Crippen LogP contribution in [0.3, 0.4) is 0 Å². The minimum Gasteiger partial charge on any atom is -0.392 e. The lowest BCUT2D eigenvalue weighted by Gasteiger charge is -2.37. The number of aliphatic imine (C=N–C) groups is 4. The van der Waals surface area contributed by atoms with Crippen LogP contribution in [0, 0.1) is 22.7 Å². The second kappa shape index (κ2) is 31.2. The van der Waals surface area contributed by atoms with Crippen LogP contribution in [0.4, 0.5) is 0 Å². The zero-order valence-corrected chi connectivity index (χ0v) is 60.7. The van der Waals surface area contributed by atoms with Crippen LogP contribution < -0.4 is 14.2 Å². The first-order valence-corrected chi connectivity index (χ1v) is 39.9. The van der Waals surface area contributed by atoms with Gasteiger partial charge in [-0.25, -0.2) is 47.8 Å². The molecule has 24 nitrogen and oxygen atoms in total. The molecule has 9 heterocycles. The molecule has 3 aromatic carbocycles. The molecule has 6 atom stereocenters. The van der Waals surface area contributed by atoms with Gasteiger partial charge in [0.25, 0.3) is 40.1 Å². The third-order valence-electron chi connectivity index (χ3n) is 20.6. The number of rotatable bonds is 17. The maximum absolute atomic E-state index is 13.3. The quantitative estimate of drug-likeness (QED) is 0.0457. The summed E-state index contributed by atoms with van der Waals surface area (Å²) in [6.07, 6.45) is 11.5. The fourth-order valence-corrected chi connectivity index (χ4v) is 20.6. The van der Waals surface area contributed by atoms with Gasteiger partial charge in [0.2, 0.25) is 0 Å². The molecular weight excluding hydrogens is 1370 g/mol. The maximum Gasteiger partial charge on any atom is 0.260 e. The summed E-state index contributed by atoms with van der Waals surface area (Å²) < 4.78 is 113. The van der Waals surface area contributed by atoms with Gasteiger partial charge in [-0.05, 0) is 157 Å². The summed E-state index contributed by atoms with van der Waals surface area (Å²) >= 11 is 0. The third kappa shape index (κ3) is 16.0. The van der Waals surface area contributed by atoms with Crippen molar-refractivity contribution in [3.05, 3.63) is 225 Å². The Balaban J connectivity index is 0.000000137. The number of nitrogens with one attached hydrogen (secondary N) is 3. The molecule has 14 rings (SSSR count). The molecule has 0 spiro atoms. The molecule has 2 aliphatic carbocycles. The van der Waals surface area contributed by atoms with Gasteiger partial charge in [-0.2, -0.15) is 4.31 Å². The molecular formula is C73H88N12O12S4. The number of fused-ring (bicyclic) bond motifs is 6. The number of piperidine rings is 1. The van der Waals surface area contributed by atoms with Crippen molar-refractivity contribution in [2.45, 2.75) is 163 Å². The lowest BCUT2D eigenvalue weighted by atomic mass is 9.70. The van der Waals surface area contributed by atoms with Crippen molar-refractivity contribution in [1.82, 2.24) is 38.4 Å². The number of pyridine rings is 4. The first-order valence-electron chi connectivity index (χ1n) is 34.0. The molecule has 3 unspecified atom stereocenters. The van der Waals surface area contributed by atoms with Crippen LogP contribution in [0.2, 0.25) is 0 Å². The molecule has 1 saturated heterocycles. The van der Waals surface area contributed by atoms with Crippen LogP contribution in [-0.4, -0.2) is 130 Å². The van der Waals surface area contributed by atoms with Crippen molar-refractivity contribution < 1.29 is 54.1 Å². The zero-order valence-electron chi connectivity index (χ0n) is 57.4. The van der Waals surface area contributed by atoms with E-state index < -0.39 is 58.3 Å². The van der Waals surface area contributed by atoms with Crippen molar-refractivity contribution in [1.29, 1.82) is 0 Å². The predicted molar refractivity (Wildman–Crippen MR) is 388 cm³/mol. The summed E-state index contributed by atoms with van der Waals surface area (Å²) in [4.78, 5) is 33.5. The van der Waals surface area contributed by atoms with Gasteiger partial charge in [-0.3, -0.25) is 39.9 Å². The van der Waals surface area contributed by atoms with Gasteiger partial charge >= 0.3 is 0 Å². The minimum absolute atomic E-state index is 0.00920. The first-order chi connectivity index (χ1) is 48.2. The molecule has 7 aliphatic rings. The highest BCUT2D eigenvalue weighted by molar-refractivity contribution is 8.06. The van der Waals surface area contributed by atoms with E-state index in [9.17, 15) is 54.1 Å². The number of aromatic nitrogens is 4. The van der Waals surface area contributed by atoms with E-state index in [4.69, 9.17) is 0 Å². The Kier molecular flexibility index (Phi) is 23.0. The number of sulfonamides is 4. The number of aliphatic hydroxyl groups is 4. The molecule has 536 valence electrons. The van der Waals surface area contributed by atoms with E-state index >= 15 is 0 Å². The fraction of sp³-hybridized carbons (Fsp3) is 0.425. The van der Waals surface area contributed by atoms with Crippen LogP contribution >= 0.6 is 0 Å². The van der Waals surface area contributed by atoms with Gasteiger partial charge in [0.1, 0.15) is 0 Å². The molecule has 0 amide bonds. The molecule has 5 aliphatic heterocycles. The summed E-state index contributed by atoms with van der Waals surface area (Å²) in [5.74, 6) is 0.961. The summed E-state index contributed by atoms with van der Waals surface area (Å²) in [7, 11) is -14.9. The SMILES string of the molecule is CC(C)CC[C@H](C)NS(=O)(=O)C1=NCc2ncccc21.CC1(C)C2CCC1(C)[C@H](O)[C@@H]2NS(=O)(=O)C1=NCc2ncccc21.O=S(=O)(C1=NCc2ncccc21)N1CCC(c2ccccc2CO)CC1.O=S(=O)(NC(Cc1ccccc1)c1ccc(CO)c(CO)c1)C1=NCc2ncccc21. The fourth-order valence-electron chi connectivity index (χ4n) is 14.6. The smallest absolute Gasteiger partial charge is 0.260 e. The monoisotopic (exact) mass is 1450 g/mol. The molecule has 28 heteroatoms. The molecule has 0 radical (unpaired) electrons. The Labute approximate surface area is 592 Å². The van der Waals surface area contributed by atoms with Gasteiger partial charge in [-0.1, -0.05) is 107 Å². The second-order valence-electron chi connectivity index (χ2n) is 27.6. The van der Waals surface area contributed by atoms with E-state index in [-0.39, 0.29) is 81.8 Å². The Morgan fingerprint density at radius 1 is 0.525 bits per heavy atom. The molecule has 7 aromatic rings. The lowest BCUT2D eigenvalue weighted by Crippen LogP contribution is -2.50. The topological polar surface area (TPSA) is 358 Å². The largest absolute Gasteiger partial charge is 0.392 e. The van der Waals surface area contributed by atoms with Gasteiger partial charge in [0, 0.05) is 71.6 Å². The first kappa shape index (κ1) is 74.6. The predicted octanol–water partition coefficient (Wildman–Crippen LogP) is 7.81. The van der Waals surface area contributed by atoms with Crippen molar-refractivity contribution in [3.8, 4) is 0 Å². The number of nitrogens with zero attached hydrogens (tertiary/aromatic N) is 9. The van der Waals surface area contributed by atoms with Crippen molar-refractivity contribution >= 4 is 60.3 Å². The number of aliphatic hydroxyl groups excluding tert-OH is 4. The normalized spacial score (nSPS) is 21.0. The zero-order chi connectivity index (χ0) is 72.1. The van der Waals surface area contributed by atoms with E-state index in [1.165, 1.54) is 4.31 Å². The molecule has 2 saturated carbocycles. The highest BCUT2D eigenvalue weighted by Crippen LogP contribution is 2.65. The highest BCUT2D eigenvalue weighted by atomic mass is 32.2. The molecule has 4 aromatic heterocycles. The van der Waals surface area contributed by atoms with Gasteiger partial charge in [-0.15, -0.1) is 0 Å². The van der Waals surface area contributed by atoms with Crippen LogP contribution in [0.1, 0.15) is 170 Å². The Hall–Kier alpha value is -7.58. The third-order valence-corrected chi connectivity index (χ3v) is 27.0.